The monoisotopic (exact) mass is 276 g/mol. The van der Waals surface area contributed by atoms with E-state index >= 15 is 0 Å². The summed E-state index contributed by atoms with van der Waals surface area (Å²) in [6.07, 6.45) is 6.87. The van der Waals surface area contributed by atoms with Gasteiger partial charge in [0, 0.05) is 19.8 Å². The van der Waals surface area contributed by atoms with Gasteiger partial charge in [0.1, 0.15) is 0 Å². The van der Waals surface area contributed by atoms with Crippen molar-refractivity contribution in [2.75, 3.05) is 39.0 Å². The molecule has 0 radical (unpaired) electrons. The van der Waals surface area contributed by atoms with E-state index in [1.165, 1.54) is 25.9 Å². The minimum absolute atomic E-state index is 0.0234. The Morgan fingerprint density at radius 3 is 2.90 bits per heavy atom. The molecule has 2 N–H and O–H groups in total. The third-order valence-corrected chi connectivity index (χ3v) is 4.01. The van der Waals surface area contributed by atoms with Crippen molar-refractivity contribution in [2.45, 2.75) is 19.3 Å². The fraction of sp³-hybridized carbons (Fsp3) is 0.600. The molecule has 1 aliphatic rings. The van der Waals surface area contributed by atoms with E-state index in [2.05, 4.69) is 27.6 Å². The van der Waals surface area contributed by atoms with Crippen molar-refractivity contribution >= 4 is 11.6 Å². The fourth-order valence-electron chi connectivity index (χ4n) is 2.63. The summed E-state index contributed by atoms with van der Waals surface area (Å²) in [7, 11) is 3.97. The number of nitrogens with one attached hydrogen (secondary N) is 2. The highest BCUT2D eigenvalue weighted by atomic mass is 16.1. The summed E-state index contributed by atoms with van der Waals surface area (Å²) in [5.74, 6) is 0.720. The van der Waals surface area contributed by atoms with E-state index in [-0.39, 0.29) is 5.91 Å². The van der Waals surface area contributed by atoms with Gasteiger partial charge in [-0.1, -0.05) is 0 Å². The summed E-state index contributed by atoms with van der Waals surface area (Å²) in [6, 6.07) is 1.75. The molecule has 0 saturated carbocycles. The Bertz CT molecular complexity index is 441. The lowest BCUT2D eigenvalue weighted by Crippen LogP contribution is -2.32. The van der Waals surface area contributed by atoms with Gasteiger partial charge in [0.15, 0.2) is 0 Å². The highest BCUT2D eigenvalue weighted by molar-refractivity contribution is 5.99. The van der Waals surface area contributed by atoms with Crippen molar-refractivity contribution in [1.82, 2.24) is 15.2 Å². The van der Waals surface area contributed by atoms with E-state index in [0.717, 1.165) is 24.6 Å². The third-order valence-electron chi connectivity index (χ3n) is 4.01. The number of likely N-dealkylation sites (tertiary alicyclic amines) is 1. The second-order valence-corrected chi connectivity index (χ2v) is 5.46. The van der Waals surface area contributed by atoms with E-state index in [4.69, 9.17) is 0 Å². The fourth-order valence-corrected chi connectivity index (χ4v) is 2.63. The number of rotatable bonds is 5. The Labute approximate surface area is 120 Å². The van der Waals surface area contributed by atoms with E-state index < -0.39 is 0 Å². The Kier molecular flexibility index (Phi) is 5.35. The van der Waals surface area contributed by atoms with Crippen LogP contribution in [-0.4, -0.2) is 49.5 Å². The van der Waals surface area contributed by atoms with Gasteiger partial charge in [-0.25, -0.2) is 0 Å². The topological polar surface area (TPSA) is 57.3 Å². The van der Waals surface area contributed by atoms with E-state index in [1.54, 1.807) is 25.5 Å². The molecule has 1 aliphatic heterocycles. The van der Waals surface area contributed by atoms with Gasteiger partial charge in [0.25, 0.3) is 5.91 Å². The molecule has 110 valence electrons. The number of carbonyl (C=O) groups excluding carboxylic acids is 1. The van der Waals surface area contributed by atoms with Crippen molar-refractivity contribution in [2.24, 2.45) is 5.92 Å². The summed E-state index contributed by atoms with van der Waals surface area (Å²) in [5.41, 5.74) is 1.43. The minimum Gasteiger partial charge on any atom is -0.386 e. The van der Waals surface area contributed by atoms with Crippen LogP contribution >= 0.6 is 0 Å². The highest BCUT2D eigenvalue weighted by Crippen LogP contribution is 2.19. The molecule has 0 spiro atoms. The lowest BCUT2D eigenvalue weighted by atomic mass is 9.94. The number of anilines is 1. The average molecular weight is 276 g/mol. The number of nitrogens with zero attached hydrogens (tertiary/aromatic N) is 2. The molecule has 1 aromatic rings. The number of hydrogen-bond acceptors (Lipinski definition) is 4. The number of hydrogen-bond donors (Lipinski definition) is 2. The molecule has 2 heterocycles. The van der Waals surface area contributed by atoms with Gasteiger partial charge in [0.05, 0.1) is 17.4 Å². The lowest BCUT2D eigenvalue weighted by molar-refractivity contribution is 0.0949. The number of pyridine rings is 1. The maximum Gasteiger partial charge on any atom is 0.253 e. The molecule has 1 fully saturated rings. The molecule has 2 rings (SSSR count). The predicted octanol–water partition coefficient (Wildman–Crippen LogP) is 1.58. The lowest BCUT2D eigenvalue weighted by Gasteiger charge is -2.28. The number of carbonyl (C=O) groups is 1. The summed E-state index contributed by atoms with van der Waals surface area (Å²) in [6.45, 7) is 3.10. The van der Waals surface area contributed by atoms with Crippen LogP contribution < -0.4 is 10.6 Å². The average Bonchev–Trinajstić information content (AvgIpc) is 2.49. The van der Waals surface area contributed by atoms with Crippen LogP contribution in [0.4, 0.5) is 5.69 Å². The summed E-state index contributed by atoms with van der Waals surface area (Å²) < 4.78 is 0. The smallest absolute Gasteiger partial charge is 0.253 e. The maximum absolute atomic E-state index is 12.1. The summed E-state index contributed by atoms with van der Waals surface area (Å²) in [4.78, 5) is 18.5. The van der Waals surface area contributed by atoms with Crippen LogP contribution in [0.25, 0.3) is 0 Å². The van der Waals surface area contributed by atoms with Gasteiger partial charge in [0.2, 0.25) is 0 Å². The quantitative estimate of drug-likeness (QED) is 0.857. The van der Waals surface area contributed by atoms with Gasteiger partial charge in [-0.05, 0) is 51.4 Å². The molecule has 0 aromatic carbocycles. The number of piperidine rings is 1. The zero-order valence-electron chi connectivity index (χ0n) is 12.4. The van der Waals surface area contributed by atoms with Crippen molar-refractivity contribution < 1.29 is 4.79 Å². The van der Waals surface area contributed by atoms with Crippen LogP contribution in [0.1, 0.15) is 29.6 Å². The highest BCUT2D eigenvalue weighted by Gasteiger charge is 2.17. The van der Waals surface area contributed by atoms with Crippen molar-refractivity contribution in [3.05, 3.63) is 24.0 Å². The predicted molar refractivity (Wildman–Crippen MR) is 81.0 cm³/mol. The number of aromatic nitrogens is 1. The van der Waals surface area contributed by atoms with Crippen molar-refractivity contribution in [3.63, 3.8) is 0 Å². The Morgan fingerprint density at radius 2 is 2.20 bits per heavy atom. The first-order valence-corrected chi connectivity index (χ1v) is 7.29. The third kappa shape index (κ3) is 3.93. The Hall–Kier alpha value is -1.62. The molecular weight excluding hydrogens is 252 g/mol. The molecule has 5 heteroatoms. The van der Waals surface area contributed by atoms with Gasteiger partial charge in [-0.15, -0.1) is 0 Å². The van der Waals surface area contributed by atoms with Crippen LogP contribution in [-0.2, 0) is 0 Å². The summed E-state index contributed by atoms with van der Waals surface area (Å²) in [5, 5.41) is 6.00. The Morgan fingerprint density at radius 1 is 1.45 bits per heavy atom. The van der Waals surface area contributed by atoms with Gasteiger partial charge >= 0.3 is 0 Å². The molecule has 0 unspecified atom stereocenters. The van der Waals surface area contributed by atoms with Gasteiger partial charge in [-0.3, -0.25) is 9.78 Å². The SMILES string of the molecule is CNc1cnccc1C(=O)NCCC1CCN(C)CC1. The van der Waals surface area contributed by atoms with E-state index in [0.29, 0.717) is 5.56 Å². The largest absolute Gasteiger partial charge is 0.386 e. The zero-order chi connectivity index (χ0) is 14.4. The molecule has 1 saturated heterocycles. The van der Waals surface area contributed by atoms with Crippen molar-refractivity contribution in [1.29, 1.82) is 0 Å². The van der Waals surface area contributed by atoms with E-state index in [1.807, 2.05) is 0 Å². The van der Waals surface area contributed by atoms with Crippen molar-refractivity contribution in [3.8, 4) is 0 Å². The molecular formula is C15H24N4O. The summed E-state index contributed by atoms with van der Waals surface area (Å²) >= 11 is 0. The second kappa shape index (κ2) is 7.24. The van der Waals surface area contributed by atoms with E-state index in [9.17, 15) is 4.79 Å². The van der Waals surface area contributed by atoms with Gasteiger partial charge < -0.3 is 15.5 Å². The molecule has 0 bridgehead atoms. The zero-order valence-corrected chi connectivity index (χ0v) is 12.4. The first-order chi connectivity index (χ1) is 9.70. The number of amides is 1. The van der Waals surface area contributed by atoms with Gasteiger partial charge in [-0.2, -0.15) is 0 Å². The van der Waals surface area contributed by atoms with Crippen LogP contribution in [0.2, 0.25) is 0 Å². The molecule has 1 amide bonds. The Balaban J connectivity index is 1.78. The molecule has 1 aromatic heterocycles. The molecule has 5 nitrogen and oxygen atoms in total. The van der Waals surface area contributed by atoms with Crippen LogP contribution in [0.15, 0.2) is 18.5 Å². The second-order valence-electron chi connectivity index (χ2n) is 5.46. The molecule has 0 aliphatic carbocycles. The maximum atomic E-state index is 12.1. The normalized spacial score (nSPS) is 16.9. The molecule has 0 atom stereocenters. The molecule has 20 heavy (non-hydrogen) atoms. The van der Waals surface area contributed by atoms with Crippen LogP contribution in [0.5, 0.6) is 0 Å². The van der Waals surface area contributed by atoms with Crippen LogP contribution in [0.3, 0.4) is 0 Å². The first-order valence-electron chi connectivity index (χ1n) is 7.29. The first kappa shape index (κ1) is 14.8. The standard InChI is InChI=1S/C15H24N4O/c1-16-14-11-17-7-4-13(14)15(20)18-8-3-12-5-9-19(2)10-6-12/h4,7,11-12,16H,3,5-6,8-10H2,1-2H3,(H,18,20). The minimum atomic E-state index is -0.0234. The van der Waals surface area contributed by atoms with Crippen LogP contribution in [0, 0.1) is 5.92 Å².